The molecule has 3 rings (SSSR count). The zero-order valence-electron chi connectivity index (χ0n) is 15.1. The van der Waals surface area contributed by atoms with Gasteiger partial charge in [0.15, 0.2) is 0 Å². The monoisotopic (exact) mass is 350 g/mol. The van der Waals surface area contributed by atoms with E-state index in [1.807, 2.05) is 44.2 Å². The summed E-state index contributed by atoms with van der Waals surface area (Å²) >= 11 is 0. The summed E-state index contributed by atoms with van der Waals surface area (Å²) in [6.45, 7) is 6.13. The quantitative estimate of drug-likeness (QED) is 0.738. The molecule has 3 aromatic rings. The van der Waals surface area contributed by atoms with Crippen molar-refractivity contribution < 1.29 is 9.53 Å². The van der Waals surface area contributed by atoms with Crippen molar-refractivity contribution in [3.63, 3.8) is 0 Å². The lowest BCUT2D eigenvalue weighted by Gasteiger charge is -2.15. The van der Waals surface area contributed by atoms with Crippen molar-refractivity contribution in [1.29, 1.82) is 0 Å². The van der Waals surface area contributed by atoms with E-state index in [0.29, 0.717) is 12.4 Å². The molecule has 1 atom stereocenters. The van der Waals surface area contributed by atoms with Crippen LogP contribution in [0, 0.1) is 13.8 Å². The van der Waals surface area contributed by atoms with Crippen LogP contribution in [-0.4, -0.2) is 20.7 Å². The number of nitrogens with one attached hydrogen (secondary N) is 1. The predicted molar refractivity (Wildman–Crippen MR) is 99.0 cm³/mol. The van der Waals surface area contributed by atoms with Crippen LogP contribution in [0.15, 0.2) is 55.0 Å². The Morgan fingerprint density at radius 2 is 1.92 bits per heavy atom. The van der Waals surface area contributed by atoms with E-state index >= 15 is 0 Å². The number of hydrogen-bond acceptors (Lipinski definition) is 4. The number of carbonyl (C=O) groups excluding carboxylic acids is 1. The van der Waals surface area contributed by atoms with Gasteiger partial charge in [-0.05, 0) is 44.0 Å². The molecule has 1 unspecified atom stereocenters. The molecule has 0 aliphatic rings. The smallest absolute Gasteiger partial charge is 0.244 e. The number of aromatic nitrogens is 3. The van der Waals surface area contributed by atoms with Gasteiger partial charge in [-0.15, -0.1) is 0 Å². The molecule has 26 heavy (non-hydrogen) atoms. The molecule has 0 saturated carbocycles. The van der Waals surface area contributed by atoms with Crippen molar-refractivity contribution in [2.45, 2.75) is 33.4 Å². The molecule has 0 spiro atoms. The Labute approximate surface area is 152 Å². The second-order valence-corrected chi connectivity index (χ2v) is 6.17. The summed E-state index contributed by atoms with van der Waals surface area (Å²) in [5, 5.41) is 7.03. The molecule has 2 aromatic heterocycles. The van der Waals surface area contributed by atoms with Gasteiger partial charge < -0.3 is 10.1 Å². The lowest BCUT2D eigenvalue weighted by Crippen LogP contribution is -2.31. The number of para-hydroxylation sites is 1. The zero-order chi connectivity index (χ0) is 18.5. The number of rotatable bonds is 6. The van der Waals surface area contributed by atoms with E-state index in [1.54, 1.807) is 36.3 Å². The Kier molecular flexibility index (Phi) is 5.31. The number of benzene rings is 1. The minimum atomic E-state index is -0.385. The molecular weight excluding hydrogens is 328 g/mol. The third-order valence-corrected chi connectivity index (χ3v) is 4.21. The molecule has 0 fully saturated rings. The molecule has 0 bridgehead atoms. The van der Waals surface area contributed by atoms with Crippen LogP contribution in [0.2, 0.25) is 0 Å². The first kappa shape index (κ1) is 17.7. The Morgan fingerprint density at radius 3 is 2.62 bits per heavy atom. The minimum Gasteiger partial charge on any atom is -0.438 e. The third-order valence-electron chi connectivity index (χ3n) is 4.21. The van der Waals surface area contributed by atoms with Crippen molar-refractivity contribution in [2.24, 2.45) is 0 Å². The van der Waals surface area contributed by atoms with Crippen LogP contribution in [0.5, 0.6) is 11.6 Å². The fourth-order valence-electron chi connectivity index (χ4n) is 2.67. The summed E-state index contributed by atoms with van der Waals surface area (Å²) in [6.07, 6.45) is 5.10. The summed E-state index contributed by atoms with van der Waals surface area (Å²) in [6, 6.07) is 11.1. The van der Waals surface area contributed by atoms with Gasteiger partial charge in [0.2, 0.25) is 11.8 Å². The molecule has 1 amide bonds. The van der Waals surface area contributed by atoms with Crippen LogP contribution in [0.3, 0.4) is 0 Å². The highest BCUT2D eigenvalue weighted by atomic mass is 16.5. The molecule has 6 heteroatoms. The highest BCUT2D eigenvalue weighted by Gasteiger charge is 2.16. The summed E-state index contributed by atoms with van der Waals surface area (Å²) < 4.78 is 7.67. The molecule has 0 aliphatic carbocycles. The van der Waals surface area contributed by atoms with Gasteiger partial charge in [0.1, 0.15) is 11.8 Å². The van der Waals surface area contributed by atoms with Crippen LogP contribution in [0.4, 0.5) is 0 Å². The Balaban J connectivity index is 1.72. The fourth-order valence-corrected chi connectivity index (χ4v) is 2.67. The minimum absolute atomic E-state index is 0.115. The van der Waals surface area contributed by atoms with E-state index in [-0.39, 0.29) is 11.9 Å². The maximum absolute atomic E-state index is 12.4. The van der Waals surface area contributed by atoms with E-state index in [2.05, 4.69) is 15.4 Å². The molecule has 0 saturated heterocycles. The van der Waals surface area contributed by atoms with E-state index < -0.39 is 0 Å². The average Bonchev–Trinajstić information content (AvgIpc) is 3.17. The van der Waals surface area contributed by atoms with Crippen molar-refractivity contribution in [2.75, 3.05) is 0 Å². The van der Waals surface area contributed by atoms with Crippen LogP contribution in [-0.2, 0) is 11.3 Å². The van der Waals surface area contributed by atoms with Gasteiger partial charge in [0.25, 0.3) is 0 Å². The lowest BCUT2D eigenvalue weighted by molar-refractivity contribution is -0.124. The van der Waals surface area contributed by atoms with Gasteiger partial charge in [0, 0.05) is 30.7 Å². The second kappa shape index (κ2) is 7.82. The summed E-state index contributed by atoms with van der Waals surface area (Å²) in [4.78, 5) is 16.7. The molecule has 1 N–H and O–H groups in total. The Morgan fingerprint density at radius 1 is 1.15 bits per heavy atom. The molecule has 6 nitrogen and oxygen atoms in total. The first-order valence-electron chi connectivity index (χ1n) is 8.51. The van der Waals surface area contributed by atoms with Crippen molar-refractivity contribution in [1.82, 2.24) is 20.1 Å². The zero-order valence-corrected chi connectivity index (χ0v) is 15.1. The summed E-state index contributed by atoms with van der Waals surface area (Å²) in [5.74, 6) is 1.18. The van der Waals surface area contributed by atoms with Gasteiger partial charge in [-0.25, -0.2) is 4.98 Å². The number of pyridine rings is 1. The van der Waals surface area contributed by atoms with E-state index in [1.165, 1.54) is 0 Å². The van der Waals surface area contributed by atoms with E-state index in [4.69, 9.17) is 4.74 Å². The number of nitrogens with zero attached hydrogens (tertiary/aromatic N) is 3. The number of ether oxygens (including phenoxy) is 1. The molecule has 0 aliphatic heterocycles. The maximum atomic E-state index is 12.4. The van der Waals surface area contributed by atoms with Gasteiger partial charge in [-0.3, -0.25) is 9.48 Å². The molecule has 0 radical (unpaired) electrons. The van der Waals surface area contributed by atoms with Gasteiger partial charge in [0.05, 0.1) is 0 Å². The van der Waals surface area contributed by atoms with Crippen molar-refractivity contribution >= 4 is 5.91 Å². The number of amides is 1. The Hall–Kier alpha value is -3.15. The number of carbonyl (C=O) groups is 1. The first-order chi connectivity index (χ1) is 12.6. The average molecular weight is 350 g/mol. The van der Waals surface area contributed by atoms with Crippen LogP contribution < -0.4 is 10.1 Å². The molecule has 2 heterocycles. The normalized spacial score (nSPS) is 11.8. The number of hydrogen-bond donors (Lipinski definition) is 1. The van der Waals surface area contributed by atoms with Gasteiger partial charge in [-0.1, -0.05) is 24.3 Å². The third kappa shape index (κ3) is 3.91. The van der Waals surface area contributed by atoms with E-state index in [9.17, 15) is 4.79 Å². The second-order valence-electron chi connectivity index (χ2n) is 6.17. The van der Waals surface area contributed by atoms with Crippen LogP contribution >= 0.6 is 0 Å². The molecule has 134 valence electrons. The van der Waals surface area contributed by atoms with Crippen LogP contribution in [0.1, 0.15) is 29.7 Å². The highest BCUT2D eigenvalue weighted by Crippen LogP contribution is 2.29. The molecular formula is C20H22N4O2. The predicted octanol–water partition coefficient (Wildman–Crippen LogP) is 3.56. The lowest BCUT2D eigenvalue weighted by atomic mass is 10.1. The largest absolute Gasteiger partial charge is 0.438 e. The fraction of sp³-hybridized carbons (Fsp3) is 0.250. The van der Waals surface area contributed by atoms with Gasteiger partial charge >= 0.3 is 0 Å². The topological polar surface area (TPSA) is 69.0 Å². The number of aryl methyl sites for hydroxylation is 2. The maximum Gasteiger partial charge on any atom is 0.244 e. The van der Waals surface area contributed by atoms with Gasteiger partial charge in [-0.2, -0.15) is 5.10 Å². The molecule has 1 aromatic carbocycles. The van der Waals surface area contributed by atoms with Crippen LogP contribution in [0.25, 0.3) is 0 Å². The SMILES string of the molecule is Cc1cccc(C)c1Oc1ncccc1CNC(=O)C(C)n1cccn1. The van der Waals surface area contributed by atoms with E-state index in [0.717, 1.165) is 22.4 Å². The highest BCUT2D eigenvalue weighted by molar-refractivity contribution is 5.79. The Bertz CT molecular complexity index is 870. The van der Waals surface area contributed by atoms with Crippen molar-refractivity contribution in [3.05, 3.63) is 71.7 Å². The summed E-state index contributed by atoms with van der Waals surface area (Å²) in [7, 11) is 0. The summed E-state index contributed by atoms with van der Waals surface area (Å²) in [5.41, 5.74) is 2.90. The standard InChI is InChI=1S/C20H22N4O2/c1-14-7-4-8-15(2)18(14)26-20-17(9-5-10-21-20)13-22-19(25)16(3)24-12-6-11-23-24/h4-12,16H,13H2,1-3H3,(H,22,25). The first-order valence-corrected chi connectivity index (χ1v) is 8.51. The van der Waals surface area contributed by atoms with Crippen molar-refractivity contribution in [3.8, 4) is 11.6 Å².